The Morgan fingerprint density at radius 3 is 2.67 bits per heavy atom. The number of hydrogen-bond acceptors (Lipinski definition) is 2. The molecule has 0 saturated carbocycles. The van der Waals surface area contributed by atoms with Gasteiger partial charge in [0.05, 0.1) is 0 Å². The zero-order valence-corrected chi connectivity index (χ0v) is 12.1. The summed E-state index contributed by atoms with van der Waals surface area (Å²) in [5.74, 6) is 0.712. The maximum absolute atomic E-state index is 3.37. The Hall–Kier alpha value is -1.02. The van der Waals surface area contributed by atoms with E-state index >= 15 is 0 Å². The number of nitrogens with zero attached hydrogens (tertiary/aromatic N) is 1. The third-order valence-electron chi connectivity index (χ3n) is 3.88. The van der Waals surface area contributed by atoms with Crippen LogP contribution in [0.3, 0.4) is 0 Å². The van der Waals surface area contributed by atoms with E-state index in [0.717, 1.165) is 6.54 Å². The molecule has 0 fully saturated rings. The van der Waals surface area contributed by atoms with E-state index in [4.69, 9.17) is 0 Å². The Bertz CT molecular complexity index is 386. The Kier molecular flexibility index (Phi) is 4.28. The molecule has 1 aromatic rings. The van der Waals surface area contributed by atoms with Crippen LogP contribution in [-0.2, 0) is 6.42 Å². The van der Waals surface area contributed by atoms with Crippen molar-refractivity contribution in [2.75, 3.05) is 18.5 Å². The minimum atomic E-state index is 0.582. The second kappa shape index (κ2) is 5.75. The van der Waals surface area contributed by atoms with Crippen molar-refractivity contribution in [3.8, 4) is 0 Å². The van der Waals surface area contributed by atoms with E-state index in [2.05, 4.69) is 62.3 Å². The van der Waals surface area contributed by atoms with Gasteiger partial charge >= 0.3 is 0 Å². The predicted octanol–water partition coefficient (Wildman–Crippen LogP) is 3.07. The largest absolute Gasteiger partial charge is 0.368 e. The zero-order chi connectivity index (χ0) is 13.1. The molecule has 2 atom stereocenters. The standard InChI is InChI=1S/C16H26N2/c1-12(2)11-18-15(9-13(3)17-4)10-14-7-5-6-8-16(14)18/h5-8,12-13,15,17H,9-11H2,1-4H3. The van der Waals surface area contributed by atoms with Crippen LogP contribution >= 0.6 is 0 Å². The highest BCUT2D eigenvalue weighted by atomic mass is 15.2. The summed E-state index contributed by atoms with van der Waals surface area (Å²) >= 11 is 0. The molecule has 2 rings (SSSR count). The van der Waals surface area contributed by atoms with E-state index in [9.17, 15) is 0 Å². The second-order valence-corrected chi connectivity index (χ2v) is 5.96. The summed E-state index contributed by atoms with van der Waals surface area (Å²) in [5, 5.41) is 3.37. The summed E-state index contributed by atoms with van der Waals surface area (Å²) in [6.45, 7) is 8.05. The van der Waals surface area contributed by atoms with Crippen molar-refractivity contribution >= 4 is 5.69 Å². The van der Waals surface area contributed by atoms with Gasteiger partial charge in [0.15, 0.2) is 0 Å². The van der Waals surface area contributed by atoms with E-state index in [1.165, 1.54) is 24.1 Å². The molecule has 1 aromatic carbocycles. The van der Waals surface area contributed by atoms with Gasteiger partial charge < -0.3 is 10.2 Å². The molecule has 0 bridgehead atoms. The number of benzene rings is 1. The Labute approximate surface area is 111 Å². The third kappa shape index (κ3) is 2.86. The average Bonchev–Trinajstić information content (AvgIpc) is 2.67. The van der Waals surface area contributed by atoms with E-state index < -0.39 is 0 Å². The summed E-state index contributed by atoms with van der Waals surface area (Å²) < 4.78 is 0. The maximum atomic E-state index is 3.37. The van der Waals surface area contributed by atoms with Gasteiger partial charge in [0.1, 0.15) is 0 Å². The van der Waals surface area contributed by atoms with Crippen molar-refractivity contribution in [1.29, 1.82) is 0 Å². The highest BCUT2D eigenvalue weighted by Gasteiger charge is 2.29. The fourth-order valence-electron chi connectivity index (χ4n) is 2.90. The molecule has 1 heterocycles. The van der Waals surface area contributed by atoms with Gasteiger partial charge in [-0.2, -0.15) is 0 Å². The molecule has 0 spiro atoms. The first-order chi connectivity index (χ1) is 8.61. The summed E-state index contributed by atoms with van der Waals surface area (Å²) in [4.78, 5) is 2.62. The first-order valence-electron chi connectivity index (χ1n) is 7.13. The van der Waals surface area contributed by atoms with E-state index in [1.807, 2.05) is 0 Å². The lowest BCUT2D eigenvalue weighted by Gasteiger charge is -2.31. The molecule has 0 aromatic heterocycles. The lowest BCUT2D eigenvalue weighted by atomic mass is 10.0. The molecule has 2 heteroatoms. The van der Waals surface area contributed by atoms with Crippen LogP contribution in [0.15, 0.2) is 24.3 Å². The average molecular weight is 246 g/mol. The van der Waals surface area contributed by atoms with Crippen LogP contribution in [0.1, 0.15) is 32.8 Å². The minimum Gasteiger partial charge on any atom is -0.368 e. The number of fused-ring (bicyclic) bond motifs is 1. The molecule has 2 unspecified atom stereocenters. The Balaban J connectivity index is 2.17. The first-order valence-corrected chi connectivity index (χ1v) is 7.13. The second-order valence-electron chi connectivity index (χ2n) is 5.96. The lowest BCUT2D eigenvalue weighted by molar-refractivity contribution is 0.460. The van der Waals surface area contributed by atoms with E-state index in [-0.39, 0.29) is 0 Å². The molecule has 1 N–H and O–H groups in total. The van der Waals surface area contributed by atoms with Gasteiger partial charge in [-0.1, -0.05) is 32.0 Å². The summed E-state index contributed by atoms with van der Waals surface area (Å²) in [6.07, 6.45) is 2.42. The number of anilines is 1. The molecule has 0 amide bonds. The molecule has 0 saturated heterocycles. The molecule has 18 heavy (non-hydrogen) atoms. The fraction of sp³-hybridized carbons (Fsp3) is 0.625. The third-order valence-corrected chi connectivity index (χ3v) is 3.88. The fourth-order valence-corrected chi connectivity index (χ4v) is 2.90. The quantitative estimate of drug-likeness (QED) is 0.859. The summed E-state index contributed by atoms with van der Waals surface area (Å²) in [7, 11) is 2.06. The monoisotopic (exact) mass is 246 g/mol. The Morgan fingerprint density at radius 2 is 2.00 bits per heavy atom. The van der Waals surface area contributed by atoms with Gasteiger partial charge in [0.2, 0.25) is 0 Å². The van der Waals surface area contributed by atoms with Crippen molar-refractivity contribution < 1.29 is 0 Å². The Morgan fingerprint density at radius 1 is 1.28 bits per heavy atom. The van der Waals surface area contributed by atoms with Crippen LogP contribution in [-0.4, -0.2) is 25.7 Å². The van der Waals surface area contributed by atoms with Crippen LogP contribution in [0.2, 0.25) is 0 Å². The molecule has 1 aliphatic heterocycles. The zero-order valence-electron chi connectivity index (χ0n) is 12.1. The van der Waals surface area contributed by atoms with Gasteiger partial charge in [0, 0.05) is 24.3 Å². The number of rotatable bonds is 5. The SMILES string of the molecule is CNC(C)CC1Cc2ccccc2N1CC(C)C. The smallest absolute Gasteiger partial charge is 0.0402 e. The summed E-state index contributed by atoms with van der Waals surface area (Å²) in [6, 6.07) is 10.1. The van der Waals surface area contributed by atoms with Gasteiger partial charge in [-0.3, -0.25) is 0 Å². The van der Waals surface area contributed by atoms with Gasteiger partial charge in [-0.15, -0.1) is 0 Å². The lowest BCUT2D eigenvalue weighted by Crippen LogP contribution is -2.39. The molecule has 1 aliphatic rings. The van der Waals surface area contributed by atoms with Crippen LogP contribution in [0.25, 0.3) is 0 Å². The topological polar surface area (TPSA) is 15.3 Å². The van der Waals surface area contributed by atoms with E-state index in [1.54, 1.807) is 0 Å². The highest BCUT2D eigenvalue weighted by Crippen LogP contribution is 2.34. The number of hydrogen-bond donors (Lipinski definition) is 1. The molecule has 0 aliphatic carbocycles. The highest BCUT2D eigenvalue weighted by molar-refractivity contribution is 5.59. The molecular formula is C16H26N2. The molecular weight excluding hydrogens is 220 g/mol. The van der Waals surface area contributed by atoms with E-state index in [0.29, 0.717) is 18.0 Å². The van der Waals surface area contributed by atoms with Crippen molar-refractivity contribution in [2.24, 2.45) is 5.92 Å². The van der Waals surface area contributed by atoms with Crippen molar-refractivity contribution in [2.45, 2.75) is 45.7 Å². The number of nitrogens with one attached hydrogen (secondary N) is 1. The first kappa shape index (κ1) is 13.4. The number of para-hydroxylation sites is 1. The summed E-state index contributed by atoms with van der Waals surface area (Å²) in [5.41, 5.74) is 2.98. The van der Waals surface area contributed by atoms with Crippen molar-refractivity contribution in [1.82, 2.24) is 5.32 Å². The van der Waals surface area contributed by atoms with Crippen LogP contribution in [0.4, 0.5) is 5.69 Å². The normalized spacial score (nSPS) is 20.3. The molecule has 100 valence electrons. The van der Waals surface area contributed by atoms with Crippen molar-refractivity contribution in [3.63, 3.8) is 0 Å². The predicted molar refractivity (Wildman–Crippen MR) is 79.3 cm³/mol. The maximum Gasteiger partial charge on any atom is 0.0402 e. The minimum absolute atomic E-state index is 0.582. The van der Waals surface area contributed by atoms with Gasteiger partial charge in [-0.25, -0.2) is 0 Å². The molecule has 2 nitrogen and oxygen atoms in total. The van der Waals surface area contributed by atoms with Gasteiger partial charge in [0.25, 0.3) is 0 Å². The van der Waals surface area contributed by atoms with Crippen molar-refractivity contribution in [3.05, 3.63) is 29.8 Å². The van der Waals surface area contributed by atoms with Crippen LogP contribution < -0.4 is 10.2 Å². The van der Waals surface area contributed by atoms with Gasteiger partial charge in [-0.05, 0) is 44.4 Å². The van der Waals surface area contributed by atoms with Crippen LogP contribution in [0.5, 0.6) is 0 Å². The van der Waals surface area contributed by atoms with Crippen LogP contribution in [0, 0.1) is 5.92 Å². The molecule has 0 radical (unpaired) electrons.